The number of hydrogen-bond donors (Lipinski definition) is 1. The van der Waals surface area contributed by atoms with Crippen molar-refractivity contribution in [3.05, 3.63) is 75.7 Å². The van der Waals surface area contributed by atoms with Crippen molar-refractivity contribution in [2.75, 3.05) is 6.54 Å². The molecule has 0 spiro atoms. The summed E-state index contributed by atoms with van der Waals surface area (Å²) in [6.07, 6.45) is 8.71. The predicted molar refractivity (Wildman–Crippen MR) is 137 cm³/mol. The molecule has 2 unspecified atom stereocenters. The van der Waals surface area contributed by atoms with E-state index in [0.717, 1.165) is 36.2 Å². The Hall–Kier alpha value is -2.53. The molecule has 33 heavy (non-hydrogen) atoms. The molecule has 1 aliphatic carbocycles. The van der Waals surface area contributed by atoms with Crippen molar-refractivity contribution in [2.45, 2.75) is 70.2 Å². The molecule has 2 aromatic carbocycles. The van der Waals surface area contributed by atoms with E-state index in [9.17, 15) is 9.59 Å². The summed E-state index contributed by atoms with van der Waals surface area (Å²) < 4.78 is 0. The van der Waals surface area contributed by atoms with Gasteiger partial charge in [-0.25, -0.2) is 0 Å². The van der Waals surface area contributed by atoms with E-state index in [1.54, 1.807) is 11.8 Å². The highest BCUT2D eigenvalue weighted by molar-refractivity contribution is 8.04. The van der Waals surface area contributed by atoms with Gasteiger partial charge in [-0.3, -0.25) is 9.59 Å². The molecular formula is C28H34N2O2S. The molecule has 0 aromatic heterocycles. The first kappa shape index (κ1) is 23.6. The van der Waals surface area contributed by atoms with Crippen molar-refractivity contribution in [1.29, 1.82) is 0 Å². The van der Waals surface area contributed by atoms with Gasteiger partial charge < -0.3 is 10.2 Å². The Kier molecular flexibility index (Phi) is 7.92. The standard InChI is InChI=1S/C28H34N2O2S/c1-3-4-16-29-27(31)23-14-12-21(13-15-23)18-26-28(32)30(19-22-9-7-8-20(2)17-22)24-10-5-6-11-25(24)33-26/h7-9,12-15,17-18,24-25H,3-6,10-11,16,19H2,1-2H3,(H,29,31)/b26-18+. The SMILES string of the molecule is CCCCNC(=O)c1ccc(/C=C2/SC3CCCCC3N(Cc3cccc(C)c3)C2=O)cc1. The maximum atomic E-state index is 13.6. The van der Waals surface area contributed by atoms with Crippen LogP contribution in [0.15, 0.2) is 53.4 Å². The Balaban J connectivity index is 1.53. The van der Waals surface area contributed by atoms with E-state index < -0.39 is 0 Å². The second-order valence-corrected chi connectivity index (χ2v) is 10.5. The number of fused-ring (bicyclic) bond motifs is 1. The molecule has 5 heteroatoms. The molecule has 2 aromatic rings. The number of carbonyl (C=O) groups is 2. The second kappa shape index (κ2) is 11.1. The lowest BCUT2D eigenvalue weighted by molar-refractivity contribution is -0.130. The quantitative estimate of drug-likeness (QED) is 0.408. The number of hydrogen-bond acceptors (Lipinski definition) is 3. The number of thioether (sulfide) groups is 1. The summed E-state index contributed by atoms with van der Waals surface area (Å²) in [6.45, 7) is 5.57. The zero-order valence-corrected chi connectivity index (χ0v) is 20.5. The van der Waals surface area contributed by atoms with Crippen molar-refractivity contribution in [2.24, 2.45) is 0 Å². The highest BCUT2D eigenvalue weighted by Crippen LogP contribution is 2.42. The molecule has 2 aliphatic rings. The largest absolute Gasteiger partial charge is 0.352 e. The number of amides is 2. The molecule has 4 rings (SSSR count). The molecule has 4 nitrogen and oxygen atoms in total. The fraction of sp³-hybridized carbons (Fsp3) is 0.429. The minimum atomic E-state index is -0.0415. The van der Waals surface area contributed by atoms with Gasteiger partial charge in [-0.05, 0) is 55.5 Å². The van der Waals surface area contributed by atoms with Crippen LogP contribution in [0.5, 0.6) is 0 Å². The van der Waals surface area contributed by atoms with Crippen molar-refractivity contribution in [3.8, 4) is 0 Å². The molecule has 0 radical (unpaired) electrons. The van der Waals surface area contributed by atoms with E-state index in [2.05, 4.69) is 48.3 Å². The molecule has 1 saturated carbocycles. The number of carbonyl (C=O) groups excluding carboxylic acids is 2. The lowest BCUT2D eigenvalue weighted by Crippen LogP contribution is -2.50. The van der Waals surface area contributed by atoms with Crippen LogP contribution in [-0.4, -0.2) is 34.6 Å². The fourth-order valence-electron chi connectivity index (χ4n) is 4.73. The van der Waals surface area contributed by atoms with Crippen LogP contribution < -0.4 is 5.32 Å². The minimum absolute atomic E-state index is 0.0415. The van der Waals surface area contributed by atoms with E-state index in [-0.39, 0.29) is 11.8 Å². The van der Waals surface area contributed by atoms with Gasteiger partial charge in [0.2, 0.25) is 0 Å². The van der Waals surface area contributed by atoms with E-state index in [4.69, 9.17) is 0 Å². The number of rotatable bonds is 7. The van der Waals surface area contributed by atoms with Crippen LogP contribution in [0.4, 0.5) is 0 Å². The van der Waals surface area contributed by atoms with Crippen LogP contribution in [-0.2, 0) is 11.3 Å². The monoisotopic (exact) mass is 462 g/mol. The number of aryl methyl sites for hydroxylation is 1. The summed E-state index contributed by atoms with van der Waals surface area (Å²) in [4.78, 5) is 28.8. The van der Waals surface area contributed by atoms with Crippen LogP contribution in [0, 0.1) is 6.92 Å². The van der Waals surface area contributed by atoms with Gasteiger partial charge in [0.1, 0.15) is 0 Å². The molecule has 0 bridgehead atoms. The lowest BCUT2D eigenvalue weighted by Gasteiger charge is -2.44. The fourth-order valence-corrected chi connectivity index (χ4v) is 6.20. The van der Waals surface area contributed by atoms with Crippen molar-refractivity contribution in [1.82, 2.24) is 10.2 Å². The van der Waals surface area contributed by atoms with Gasteiger partial charge in [-0.15, -0.1) is 11.8 Å². The zero-order valence-electron chi connectivity index (χ0n) is 19.7. The first-order chi connectivity index (χ1) is 16.0. The first-order valence-electron chi connectivity index (χ1n) is 12.2. The normalized spacial score (nSPS) is 21.7. The van der Waals surface area contributed by atoms with E-state index >= 15 is 0 Å². The third kappa shape index (κ3) is 5.89. The van der Waals surface area contributed by atoms with Crippen LogP contribution in [0.3, 0.4) is 0 Å². The number of nitrogens with one attached hydrogen (secondary N) is 1. The van der Waals surface area contributed by atoms with Crippen LogP contribution >= 0.6 is 11.8 Å². The minimum Gasteiger partial charge on any atom is -0.352 e. The summed E-state index contributed by atoms with van der Waals surface area (Å²) >= 11 is 1.75. The van der Waals surface area contributed by atoms with Crippen molar-refractivity contribution >= 4 is 29.7 Å². The highest BCUT2D eigenvalue weighted by Gasteiger charge is 2.40. The average Bonchev–Trinajstić information content (AvgIpc) is 2.82. The topological polar surface area (TPSA) is 49.4 Å². The number of nitrogens with zero attached hydrogens (tertiary/aromatic N) is 1. The molecule has 2 fully saturated rings. The third-order valence-electron chi connectivity index (χ3n) is 6.54. The van der Waals surface area contributed by atoms with Crippen molar-refractivity contribution in [3.63, 3.8) is 0 Å². The summed E-state index contributed by atoms with van der Waals surface area (Å²) in [6, 6.07) is 16.3. The molecule has 1 heterocycles. The summed E-state index contributed by atoms with van der Waals surface area (Å²) in [5.74, 6) is 0.0891. The van der Waals surface area contributed by atoms with Gasteiger partial charge in [-0.2, -0.15) is 0 Å². The first-order valence-corrected chi connectivity index (χ1v) is 13.1. The maximum Gasteiger partial charge on any atom is 0.260 e. The Morgan fingerprint density at radius 1 is 1.15 bits per heavy atom. The van der Waals surface area contributed by atoms with Crippen LogP contribution in [0.2, 0.25) is 0 Å². The Morgan fingerprint density at radius 2 is 1.94 bits per heavy atom. The Morgan fingerprint density at radius 3 is 2.70 bits per heavy atom. The van der Waals surface area contributed by atoms with E-state index in [1.807, 2.05) is 30.3 Å². The second-order valence-electron chi connectivity index (χ2n) is 9.17. The average molecular weight is 463 g/mol. The third-order valence-corrected chi connectivity index (χ3v) is 7.94. The number of benzene rings is 2. The van der Waals surface area contributed by atoms with Gasteiger partial charge >= 0.3 is 0 Å². The summed E-state index contributed by atoms with van der Waals surface area (Å²) in [5.41, 5.74) is 4.03. The smallest absolute Gasteiger partial charge is 0.260 e. The summed E-state index contributed by atoms with van der Waals surface area (Å²) in [7, 11) is 0. The lowest BCUT2D eigenvalue weighted by atomic mass is 9.92. The highest BCUT2D eigenvalue weighted by atomic mass is 32.2. The van der Waals surface area contributed by atoms with Gasteiger partial charge in [0, 0.05) is 29.9 Å². The van der Waals surface area contributed by atoms with Gasteiger partial charge in [-0.1, -0.05) is 68.1 Å². The van der Waals surface area contributed by atoms with E-state index in [1.165, 1.54) is 24.0 Å². The molecule has 1 saturated heterocycles. The molecule has 174 valence electrons. The van der Waals surface area contributed by atoms with Gasteiger partial charge in [0.25, 0.3) is 11.8 Å². The van der Waals surface area contributed by atoms with Crippen LogP contribution in [0.1, 0.15) is 72.5 Å². The maximum absolute atomic E-state index is 13.6. The van der Waals surface area contributed by atoms with E-state index in [0.29, 0.717) is 29.9 Å². The summed E-state index contributed by atoms with van der Waals surface area (Å²) in [5, 5.41) is 3.41. The molecule has 1 aliphatic heterocycles. The molecule has 2 amide bonds. The predicted octanol–water partition coefficient (Wildman–Crippen LogP) is 5.95. The molecule has 1 N–H and O–H groups in total. The Labute approximate surface area is 201 Å². The van der Waals surface area contributed by atoms with Gasteiger partial charge in [0.15, 0.2) is 0 Å². The van der Waals surface area contributed by atoms with Crippen LogP contribution in [0.25, 0.3) is 6.08 Å². The zero-order chi connectivity index (χ0) is 23.2. The number of unbranched alkanes of at least 4 members (excludes halogenated alkanes) is 1. The Bertz CT molecular complexity index is 1010. The van der Waals surface area contributed by atoms with Gasteiger partial charge in [0.05, 0.1) is 4.91 Å². The molecule has 2 atom stereocenters. The van der Waals surface area contributed by atoms with Crippen molar-refractivity contribution < 1.29 is 9.59 Å². The molecular weight excluding hydrogens is 428 g/mol.